The van der Waals surface area contributed by atoms with Gasteiger partial charge >= 0.3 is 0 Å². The van der Waals surface area contributed by atoms with Crippen LogP contribution in [0.5, 0.6) is 5.75 Å². The smallest absolute Gasteiger partial charge is 0.255 e. The summed E-state index contributed by atoms with van der Waals surface area (Å²) in [5, 5.41) is 0.450. The predicted octanol–water partition coefficient (Wildman–Crippen LogP) is 0.786. The zero-order valence-electron chi connectivity index (χ0n) is 6.79. The van der Waals surface area contributed by atoms with E-state index in [0.717, 1.165) is 0 Å². The quantitative estimate of drug-likeness (QED) is 0.708. The number of hydrogen-bond acceptors (Lipinski definition) is 3. The van der Waals surface area contributed by atoms with Gasteiger partial charge in [-0.1, -0.05) is 11.6 Å². The molecule has 0 unspecified atom stereocenters. The van der Waals surface area contributed by atoms with E-state index in [-0.39, 0.29) is 6.61 Å². The largest absolute Gasteiger partial charge is 0.484 e. The molecule has 0 aromatic heterocycles. The Morgan fingerprint density at radius 2 is 2.23 bits per heavy atom. The maximum absolute atomic E-state index is 10.4. The standard InChI is InChI=1S/C8H9ClN2O2/c9-6-2-1-5(3-7(6)10)13-4-8(11)12/h1-3H,4,10H2,(H2,11,12). The average molecular weight is 201 g/mol. The van der Waals surface area contributed by atoms with Crippen LogP contribution in [0.15, 0.2) is 18.2 Å². The third-order valence-electron chi connectivity index (χ3n) is 1.35. The van der Waals surface area contributed by atoms with Crippen LogP contribution in [-0.4, -0.2) is 12.5 Å². The van der Waals surface area contributed by atoms with Crippen molar-refractivity contribution in [1.82, 2.24) is 0 Å². The molecule has 5 heteroatoms. The van der Waals surface area contributed by atoms with Gasteiger partial charge in [0.2, 0.25) is 0 Å². The van der Waals surface area contributed by atoms with Gasteiger partial charge in [0, 0.05) is 6.07 Å². The number of nitrogen functional groups attached to an aromatic ring is 1. The molecule has 13 heavy (non-hydrogen) atoms. The Labute approximate surface area is 80.4 Å². The fourth-order valence-electron chi connectivity index (χ4n) is 0.766. The van der Waals surface area contributed by atoms with Gasteiger partial charge in [0.1, 0.15) is 5.75 Å². The summed E-state index contributed by atoms with van der Waals surface area (Å²) < 4.78 is 4.99. The number of benzene rings is 1. The van der Waals surface area contributed by atoms with Gasteiger partial charge in [0.15, 0.2) is 6.61 Å². The maximum Gasteiger partial charge on any atom is 0.255 e. The van der Waals surface area contributed by atoms with E-state index < -0.39 is 5.91 Å². The highest BCUT2D eigenvalue weighted by atomic mass is 35.5. The molecule has 0 heterocycles. The van der Waals surface area contributed by atoms with E-state index in [1.54, 1.807) is 12.1 Å². The molecular formula is C8H9ClN2O2. The third-order valence-corrected chi connectivity index (χ3v) is 1.69. The summed E-state index contributed by atoms with van der Waals surface area (Å²) in [6, 6.07) is 4.74. The molecule has 0 aliphatic heterocycles. The van der Waals surface area contributed by atoms with Gasteiger partial charge in [0.25, 0.3) is 5.91 Å². The van der Waals surface area contributed by atoms with Gasteiger partial charge in [0.05, 0.1) is 10.7 Å². The van der Waals surface area contributed by atoms with E-state index in [1.807, 2.05) is 0 Å². The number of halogens is 1. The van der Waals surface area contributed by atoms with Gasteiger partial charge < -0.3 is 16.2 Å². The molecule has 0 aliphatic rings. The Kier molecular flexibility index (Phi) is 2.97. The van der Waals surface area contributed by atoms with E-state index in [4.69, 9.17) is 27.8 Å². The molecule has 1 rings (SSSR count). The highest BCUT2D eigenvalue weighted by molar-refractivity contribution is 6.33. The fraction of sp³-hybridized carbons (Fsp3) is 0.125. The van der Waals surface area contributed by atoms with E-state index in [2.05, 4.69) is 0 Å². The lowest BCUT2D eigenvalue weighted by molar-refractivity contribution is -0.119. The number of anilines is 1. The molecule has 4 nitrogen and oxygen atoms in total. The second-order valence-electron chi connectivity index (χ2n) is 2.44. The minimum Gasteiger partial charge on any atom is -0.484 e. The van der Waals surface area contributed by atoms with Crippen LogP contribution < -0.4 is 16.2 Å². The first-order valence-corrected chi connectivity index (χ1v) is 3.93. The van der Waals surface area contributed by atoms with Gasteiger partial charge in [-0.15, -0.1) is 0 Å². The number of hydrogen-bond donors (Lipinski definition) is 2. The second kappa shape index (κ2) is 4.00. The monoisotopic (exact) mass is 200 g/mol. The van der Waals surface area contributed by atoms with Crippen LogP contribution >= 0.6 is 11.6 Å². The van der Waals surface area contributed by atoms with Crippen molar-refractivity contribution in [3.8, 4) is 5.75 Å². The van der Waals surface area contributed by atoms with Gasteiger partial charge in [-0.25, -0.2) is 0 Å². The Morgan fingerprint density at radius 3 is 2.77 bits per heavy atom. The van der Waals surface area contributed by atoms with E-state index in [9.17, 15) is 4.79 Å². The number of amides is 1. The van der Waals surface area contributed by atoms with Crippen LogP contribution in [0.3, 0.4) is 0 Å². The number of carbonyl (C=O) groups excluding carboxylic acids is 1. The zero-order valence-corrected chi connectivity index (χ0v) is 7.54. The molecule has 0 aliphatic carbocycles. The molecule has 70 valence electrons. The highest BCUT2D eigenvalue weighted by Crippen LogP contribution is 2.23. The maximum atomic E-state index is 10.4. The molecular weight excluding hydrogens is 192 g/mol. The summed E-state index contributed by atoms with van der Waals surface area (Å²) in [5.41, 5.74) is 10.8. The normalized spacial score (nSPS) is 9.62. The Hall–Kier alpha value is -1.42. The molecule has 0 saturated heterocycles. The topological polar surface area (TPSA) is 78.3 Å². The molecule has 0 saturated carbocycles. The molecule has 1 aromatic rings. The Balaban J connectivity index is 2.68. The van der Waals surface area contributed by atoms with Crippen molar-refractivity contribution >= 4 is 23.2 Å². The third kappa shape index (κ3) is 2.83. The van der Waals surface area contributed by atoms with E-state index in [0.29, 0.717) is 16.5 Å². The van der Waals surface area contributed by atoms with Gasteiger partial charge in [-0.05, 0) is 12.1 Å². The second-order valence-corrected chi connectivity index (χ2v) is 2.85. The van der Waals surface area contributed by atoms with Crippen molar-refractivity contribution in [2.75, 3.05) is 12.3 Å². The SMILES string of the molecule is NC(=O)COc1ccc(Cl)c(N)c1. The van der Waals surface area contributed by atoms with Crippen LogP contribution in [0.2, 0.25) is 5.02 Å². The number of primary amides is 1. The van der Waals surface area contributed by atoms with Crippen LogP contribution in [0.4, 0.5) is 5.69 Å². The number of ether oxygens (including phenoxy) is 1. The fourth-order valence-corrected chi connectivity index (χ4v) is 0.884. The zero-order chi connectivity index (χ0) is 9.84. The van der Waals surface area contributed by atoms with Crippen molar-refractivity contribution in [2.45, 2.75) is 0 Å². The molecule has 0 spiro atoms. The van der Waals surface area contributed by atoms with Crippen molar-refractivity contribution in [3.63, 3.8) is 0 Å². The summed E-state index contributed by atoms with van der Waals surface area (Å²) >= 11 is 5.67. The molecule has 1 amide bonds. The lowest BCUT2D eigenvalue weighted by Gasteiger charge is -2.04. The summed E-state index contributed by atoms with van der Waals surface area (Å²) in [5.74, 6) is -0.0609. The summed E-state index contributed by atoms with van der Waals surface area (Å²) in [7, 11) is 0. The number of nitrogens with two attached hydrogens (primary N) is 2. The highest BCUT2D eigenvalue weighted by Gasteiger charge is 2.00. The molecule has 0 radical (unpaired) electrons. The Bertz CT molecular complexity index is 328. The van der Waals surface area contributed by atoms with Gasteiger partial charge in [-0.2, -0.15) is 0 Å². The summed E-state index contributed by atoms with van der Waals surface area (Å²) in [6.45, 7) is -0.166. The first kappa shape index (κ1) is 9.67. The molecule has 0 atom stereocenters. The lowest BCUT2D eigenvalue weighted by Crippen LogP contribution is -2.20. The average Bonchev–Trinajstić information content (AvgIpc) is 2.07. The van der Waals surface area contributed by atoms with Crippen molar-refractivity contribution < 1.29 is 9.53 Å². The summed E-state index contributed by atoms with van der Waals surface area (Å²) in [4.78, 5) is 10.4. The van der Waals surface area contributed by atoms with Crippen molar-refractivity contribution in [1.29, 1.82) is 0 Å². The van der Waals surface area contributed by atoms with Crippen LogP contribution in [0.25, 0.3) is 0 Å². The number of carbonyl (C=O) groups is 1. The molecule has 0 bridgehead atoms. The van der Waals surface area contributed by atoms with Crippen LogP contribution in [0, 0.1) is 0 Å². The summed E-state index contributed by atoms with van der Waals surface area (Å²) in [6.07, 6.45) is 0. The van der Waals surface area contributed by atoms with Crippen LogP contribution in [-0.2, 0) is 4.79 Å². The van der Waals surface area contributed by atoms with Crippen LogP contribution in [0.1, 0.15) is 0 Å². The minimum absolute atomic E-state index is 0.166. The minimum atomic E-state index is -0.534. The van der Waals surface area contributed by atoms with E-state index in [1.165, 1.54) is 6.07 Å². The van der Waals surface area contributed by atoms with Gasteiger partial charge in [-0.3, -0.25) is 4.79 Å². The van der Waals surface area contributed by atoms with E-state index >= 15 is 0 Å². The first-order valence-electron chi connectivity index (χ1n) is 3.55. The lowest BCUT2D eigenvalue weighted by atomic mass is 10.3. The first-order chi connectivity index (χ1) is 6.09. The molecule has 0 fully saturated rings. The Morgan fingerprint density at radius 1 is 1.54 bits per heavy atom. The van der Waals surface area contributed by atoms with Crippen molar-refractivity contribution in [3.05, 3.63) is 23.2 Å². The predicted molar refractivity (Wildman–Crippen MR) is 50.6 cm³/mol. The molecule has 4 N–H and O–H groups in total. The number of rotatable bonds is 3. The molecule has 1 aromatic carbocycles. The van der Waals surface area contributed by atoms with Crippen molar-refractivity contribution in [2.24, 2.45) is 5.73 Å².